The van der Waals surface area contributed by atoms with Crippen molar-refractivity contribution in [3.63, 3.8) is 0 Å². The van der Waals surface area contributed by atoms with Crippen LogP contribution in [0.4, 0.5) is 14.5 Å². The summed E-state index contributed by atoms with van der Waals surface area (Å²) in [7, 11) is -3.98. The lowest BCUT2D eigenvalue weighted by atomic mass is 10.2. The maximum absolute atomic E-state index is 13.2. The Balaban J connectivity index is 2.14. The highest BCUT2D eigenvalue weighted by Crippen LogP contribution is 2.19. The molecule has 0 aliphatic heterocycles. The topological polar surface area (TPSA) is 75.3 Å². The molecule has 0 unspecified atom stereocenters. The van der Waals surface area contributed by atoms with Crippen molar-refractivity contribution < 1.29 is 22.0 Å². The second-order valence-corrected chi connectivity index (χ2v) is 7.55. The number of amides is 1. The average Bonchev–Trinajstić information content (AvgIpc) is 2.56. The molecule has 0 radical (unpaired) electrons. The highest BCUT2D eigenvalue weighted by molar-refractivity contribution is 7.92. The van der Waals surface area contributed by atoms with Crippen LogP contribution in [0, 0.1) is 17.6 Å². The molecule has 0 bridgehead atoms. The first kappa shape index (κ1) is 18.9. The summed E-state index contributed by atoms with van der Waals surface area (Å²) in [5.74, 6) is -2.23. The number of halogens is 2. The molecule has 25 heavy (non-hydrogen) atoms. The van der Waals surface area contributed by atoms with Gasteiger partial charge in [0, 0.05) is 18.2 Å². The van der Waals surface area contributed by atoms with E-state index < -0.39 is 21.7 Å². The van der Waals surface area contributed by atoms with E-state index in [0.29, 0.717) is 18.0 Å². The number of rotatable bonds is 6. The van der Waals surface area contributed by atoms with Crippen LogP contribution >= 0.6 is 0 Å². The minimum Gasteiger partial charge on any atom is -0.352 e. The van der Waals surface area contributed by atoms with Gasteiger partial charge < -0.3 is 5.32 Å². The molecule has 2 rings (SSSR count). The summed E-state index contributed by atoms with van der Waals surface area (Å²) in [6, 6.07) is 8.00. The van der Waals surface area contributed by atoms with Gasteiger partial charge in [0.2, 0.25) is 0 Å². The number of anilines is 1. The molecule has 8 heteroatoms. The van der Waals surface area contributed by atoms with Gasteiger partial charge in [-0.05, 0) is 42.3 Å². The molecule has 0 heterocycles. The summed E-state index contributed by atoms with van der Waals surface area (Å²) in [4.78, 5) is 11.8. The van der Waals surface area contributed by atoms with Gasteiger partial charge in [-0.15, -0.1) is 0 Å². The molecule has 0 saturated heterocycles. The Hall–Kier alpha value is -2.48. The Kier molecular flexibility index (Phi) is 5.73. The van der Waals surface area contributed by atoms with Crippen molar-refractivity contribution in [2.24, 2.45) is 5.92 Å². The Labute approximate surface area is 145 Å². The van der Waals surface area contributed by atoms with Gasteiger partial charge in [-0.1, -0.05) is 13.8 Å². The van der Waals surface area contributed by atoms with Gasteiger partial charge in [-0.2, -0.15) is 0 Å². The molecule has 2 aromatic rings. The molecule has 0 aromatic heterocycles. The minimum atomic E-state index is -3.98. The molecule has 2 N–H and O–H groups in total. The van der Waals surface area contributed by atoms with Crippen LogP contribution in [0.1, 0.15) is 24.2 Å². The van der Waals surface area contributed by atoms with Crippen LogP contribution in [0.3, 0.4) is 0 Å². The zero-order chi connectivity index (χ0) is 18.6. The number of benzene rings is 2. The zero-order valence-electron chi connectivity index (χ0n) is 13.7. The van der Waals surface area contributed by atoms with E-state index in [9.17, 15) is 22.0 Å². The van der Waals surface area contributed by atoms with Gasteiger partial charge in [-0.3, -0.25) is 9.52 Å². The number of hydrogen-bond donors (Lipinski definition) is 2. The maximum atomic E-state index is 13.2. The van der Waals surface area contributed by atoms with Crippen LogP contribution in [-0.4, -0.2) is 20.9 Å². The van der Waals surface area contributed by atoms with E-state index in [1.54, 1.807) is 0 Å². The second-order valence-electron chi connectivity index (χ2n) is 5.86. The highest BCUT2D eigenvalue weighted by Gasteiger charge is 2.16. The standard InChI is InChI=1S/C17H18F2N2O3S/c1-11(2)10-20-17(22)12-3-6-14(7-4-12)25(23,24)21-13-5-8-15(18)16(19)9-13/h3-9,11,21H,10H2,1-2H3,(H,20,22). The molecule has 0 saturated carbocycles. The van der Waals surface area contributed by atoms with Crippen LogP contribution < -0.4 is 10.0 Å². The SMILES string of the molecule is CC(C)CNC(=O)c1ccc(S(=O)(=O)Nc2ccc(F)c(F)c2)cc1. The summed E-state index contributed by atoms with van der Waals surface area (Å²) in [5.41, 5.74) is 0.227. The summed E-state index contributed by atoms with van der Waals surface area (Å²) >= 11 is 0. The van der Waals surface area contributed by atoms with E-state index in [-0.39, 0.29) is 16.5 Å². The van der Waals surface area contributed by atoms with Gasteiger partial charge in [0.15, 0.2) is 11.6 Å². The lowest BCUT2D eigenvalue weighted by Gasteiger charge is -2.10. The quantitative estimate of drug-likeness (QED) is 0.822. The van der Waals surface area contributed by atoms with Crippen molar-refractivity contribution in [2.45, 2.75) is 18.7 Å². The monoisotopic (exact) mass is 368 g/mol. The summed E-state index contributed by atoms with van der Waals surface area (Å²) in [6.07, 6.45) is 0. The molecule has 0 fully saturated rings. The van der Waals surface area contributed by atoms with E-state index in [0.717, 1.165) is 18.2 Å². The van der Waals surface area contributed by atoms with E-state index in [1.807, 2.05) is 13.8 Å². The van der Waals surface area contributed by atoms with Gasteiger partial charge in [0.25, 0.3) is 15.9 Å². The minimum absolute atomic E-state index is 0.0994. The van der Waals surface area contributed by atoms with Gasteiger partial charge >= 0.3 is 0 Å². The highest BCUT2D eigenvalue weighted by atomic mass is 32.2. The fraction of sp³-hybridized carbons (Fsp3) is 0.235. The van der Waals surface area contributed by atoms with Crippen LogP contribution in [-0.2, 0) is 10.0 Å². The van der Waals surface area contributed by atoms with Gasteiger partial charge in [0.05, 0.1) is 10.6 Å². The predicted octanol–water partition coefficient (Wildman–Crippen LogP) is 3.15. The molecule has 0 aliphatic rings. The van der Waals surface area contributed by atoms with E-state index in [2.05, 4.69) is 10.0 Å². The fourth-order valence-electron chi connectivity index (χ4n) is 1.96. The average molecular weight is 368 g/mol. The zero-order valence-corrected chi connectivity index (χ0v) is 14.5. The largest absolute Gasteiger partial charge is 0.352 e. The molecule has 0 aliphatic carbocycles. The first-order valence-corrected chi connectivity index (χ1v) is 9.03. The summed E-state index contributed by atoms with van der Waals surface area (Å²) in [6.45, 7) is 4.43. The van der Waals surface area contributed by atoms with Crippen molar-refractivity contribution in [3.05, 3.63) is 59.7 Å². The third kappa shape index (κ3) is 4.99. The van der Waals surface area contributed by atoms with Crippen molar-refractivity contribution in [2.75, 3.05) is 11.3 Å². The number of carbonyl (C=O) groups is 1. The second kappa shape index (κ2) is 7.60. The van der Waals surface area contributed by atoms with Crippen molar-refractivity contribution in [3.8, 4) is 0 Å². The number of carbonyl (C=O) groups excluding carboxylic acids is 1. The summed E-state index contributed by atoms with van der Waals surface area (Å²) in [5, 5.41) is 2.73. The number of nitrogens with one attached hydrogen (secondary N) is 2. The van der Waals surface area contributed by atoms with Crippen LogP contribution in [0.15, 0.2) is 47.4 Å². The van der Waals surface area contributed by atoms with Crippen molar-refractivity contribution in [1.29, 1.82) is 0 Å². The molecule has 5 nitrogen and oxygen atoms in total. The number of sulfonamides is 1. The van der Waals surface area contributed by atoms with Gasteiger partial charge in [0.1, 0.15) is 0 Å². The van der Waals surface area contributed by atoms with Crippen LogP contribution in [0.2, 0.25) is 0 Å². The third-order valence-electron chi connectivity index (χ3n) is 3.27. The smallest absolute Gasteiger partial charge is 0.261 e. The molecule has 134 valence electrons. The van der Waals surface area contributed by atoms with Crippen molar-refractivity contribution >= 4 is 21.6 Å². The first-order valence-electron chi connectivity index (χ1n) is 7.55. The molecule has 2 aromatic carbocycles. The van der Waals surface area contributed by atoms with Crippen molar-refractivity contribution in [1.82, 2.24) is 5.32 Å². The van der Waals surface area contributed by atoms with E-state index >= 15 is 0 Å². The fourth-order valence-corrected chi connectivity index (χ4v) is 3.01. The third-order valence-corrected chi connectivity index (χ3v) is 4.67. The lowest BCUT2D eigenvalue weighted by Crippen LogP contribution is -2.27. The number of hydrogen-bond acceptors (Lipinski definition) is 3. The van der Waals surface area contributed by atoms with E-state index in [1.165, 1.54) is 24.3 Å². The molecule has 0 spiro atoms. The Morgan fingerprint density at radius 2 is 1.68 bits per heavy atom. The molecular formula is C17H18F2N2O3S. The van der Waals surface area contributed by atoms with Crippen LogP contribution in [0.25, 0.3) is 0 Å². The molecular weight excluding hydrogens is 350 g/mol. The normalized spacial score (nSPS) is 11.4. The lowest BCUT2D eigenvalue weighted by molar-refractivity contribution is 0.0949. The Morgan fingerprint density at radius 1 is 1.04 bits per heavy atom. The Morgan fingerprint density at radius 3 is 2.24 bits per heavy atom. The predicted molar refractivity (Wildman–Crippen MR) is 90.8 cm³/mol. The maximum Gasteiger partial charge on any atom is 0.261 e. The summed E-state index contributed by atoms with van der Waals surface area (Å²) < 4.78 is 52.8. The molecule has 1 amide bonds. The first-order chi connectivity index (χ1) is 11.7. The Bertz CT molecular complexity index is 866. The molecule has 0 atom stereocenters. The van der Waals surface area contributed by atoms with Crippen LogP contribution in [0.5, 0.6) is 0 Å². The van der Waals surface area contributed by atoms with E-state index in [4.69, 9.17) is 0 Å². The van der Waals surface area contributed by atoms with Gasteiger partial charge in [-0.25, -0.2) is 17.2 Å².